The molecule has 8 nitrogen and oxygen atoms in total. The molecule has 0 saturated heterocycles. The Morgan fingerprint density at radius 1 is 1.34 bits per heavy atom. The monoisotopic (exact) mass is 398 g/mol. The number of amides is 2. The molecule has 1 aromatic carbocycles. The van der Waals surface area contributed by atoms with Gasteiger partial charge in [-0.2, -0.15) is 10.1 Å². The average Bonchev–Trinajstić information content (AvgIpc) is 3.33. The van der Waals surface area contributed by atoms with Crippen LogP contribution in [0.3, 0.4) is 0 Å². The summed E-state index contributed by atoms with van der Waals surface area (Å²) in [6.45, 7) is 5.07. The molecule has 29 heavy (non-hydrogen) atoms. The maximum absolute atomic E-state index is 13.2. The van der Waals surface area contributed by atoms with Crippen LogP contribution >= 0.6 is 0 Å². The van der Waals surface area contributed by atoms with E-state index in [0.29, 0.717) is 36.6 Å². The van der Waals surface area contributed by atoms with E-state index in [1.807, 2.05) is 20.9 Å². The van der Waals surface area contributed by atoms with E-state index in [1.165, 1.54) is 12.1 Å². The Hall–Kier alpha value is -3.23. The first-order chi connectivity index (χ1) is 14.0. The van der Waals surface area contributed by atoms with Gasteiger partial charge in [-0.15, -0.1) is 0 Å². The number of carbonyl (C=O) groups excluding carboxylic acids is 1. The Morgan fingerprint density at radius 2 is 2.10 bits per heavy atom. The highest BCUT2D eigenvalue weighted by molar-refractivity contribution is 5.75. The van der Waals surface area contributed by atoms with Gasteiger partial charge in [0.25, 0.3) is 5.89 Å². The van der Waals surface area contributed by atoms with Gasteiger partial charge in [-0.3, -0.25) is 4.68 Å². The summed E-state index contributed by atoms with van der Waals surface area (Å²) in [5, 5.41) is 11.6. The molecule has 0 radical (unpaired) electrons. The Bertz CT molecular complexity index is 1030. The lowest BCUT2D eigenvalue weighted by Gasteiger charge is -2.28. The second kappa shape index (κ2) is 7.65. The van der Waals surface area contributed by atoms with E-state index in [0.717, 1.165) is 17.7 Å². The predicted molar refractivity (Wildman–Crippen MR) is 104 cm³/mol. The van der Waals surface area contributed by atoms with Crippen molar-refractivity contribution in [1.82, 2.24) is 30.1 Å². The zero-order valence-electron chi connectivity index (χ0n) is 16.6. The molecule has 0 saturated carbocycles. The molecule has 1 aliphatic rings. The van der Waals surface area contributed by atoms with Gasteiger partial charge in [0.1, 0.15) is 5.82 Å². The van der Waals surface area contributed by atoms with Crippen molar-refractivity contribution in [1.29, 1.82) is 0 Å². The van der Waals surface area contributed by atoms with Gasteiger partial charge in [-0.05, 0) is 37.6 Å². The number of carbonyl (C=O) groups is 1. The van der Waals surface area contributed by atoms with Crippen LogP contribution < -0.4 is 5.32 Å². The lowest BCUT2D eigenvalue weighted by atomic mass is 10.1. The summed E-state index contributed by atoms with van der Waals surface area (Å²) in [5.41, 5.74) is 3.19. The van der Waals surface area contributed by atoms with Crippen molar-refractivity contribution in [3.63, 3.8) is 0 Å². The summed E-state index contributed by atoms with van der Waals surface area (Å²) >= 11 is 0. The van der Waals surface area contributed by atoms with Crippen molar-refractivity contribution < 1.29 is 13.7 Å². The van der Waals surface area contributed by atoms with E-state index in [2.05, 4.69) is 20.6 Å². The molecule has 3 heterocycles. The summed E-state index contributed by atoms with van der Waals surface area (Å²) in [6, 6.07) is 5.92. The molecule has 4 rings (SSSR count). The Labute approximate surface area is 167 Å². The molecule has 0 bridgehead atoms. The first-order valence-electron chi connectivity index (χ1n) is 9.66. The minimum Gasteiger partial charge on any atom is -0.336 e. The molecule has 1 N–H and O–H groups in total. The topological polar surface area (TPSA) is 89.1 Å². The molecule has 2 aromatic heterocycles. The van der Waals surface area contributed by atoms with E-state index in [1.54, 1.807) is 21.7 Å². The van der Waals surface area contributed by atoms with Crippen molar-refractivity contribution >= 4 is 6.03 Å². The quantitative estimate of drug-likeness (QED) is 0.729. The van der Waals surface area contributed by atoms with E-state index in [9.17, 15) is 9.18 Å². The first-order valence-corrected chi connectivity index (χ1v) is 9.66. The summed E-state index contributed by atoms with van der Waals surface area (Å²) in [5.74, 6) is 0.318. The van der Waals surface area contributed by atoms with Crippen LogP contribution in [0.25, 0.3) is 23.0 Å². The molecular formula is C20H23FN6O2. The number of halogens is 1. The smallest absolute Gasteiger partial charge is 0.317 e. The minimum atomic E-state index is -0.327. The van der Waals surface area contributed by atoms with Crippen molar-refractivity contribution in [2.75, 3.05) is 6.54 Å². The van der Waals surface area contributed by atoms with Gasteiger partial charge in [0.05, 0.1) is 6.54 Å². The number of fused-ring (bicyclic) bond motifs is 1. The zero-order chi connectivity index (χ0) is 20.5. The van der Waals surface area contributed by atoms with Crippen LogP contribution in [0.15, 0.2) is 28.8 Å². The van der Waals surface area contributed by atoms with E-state index >= 15 is 0 Å². The number of aromatic nitrogens is 4. The molecule has 0 spiro atoms. The van der Waals surface area contributed by atoms with Gasteiger partial charge < -0.3 is 14.7 Å². The third-order valence-electron chi connectivity index (χ3n) is 5.24. The number of benzene rings is 1. The molecule has 0 unspecified atom stereocenters. The number of rotatable bonds is 4. The van der Waals surface area contributed by atoms with Crippen molar-refractivity contribution in [3.05, 3.63) is 41.3 Å². The summed E-state index contributed by atoms with van der Waals surface area (Å²) in [4.78, 5) is 18.8. The molecular weight excluding hydrogens is 375 g/mol. The normalized spacial score (nSPS) is 14.6. The predicted octanol–water partition coefficient (Wildman–Crippen LogP) is 3.14. The molecule has 9 heteroatoms. The number of nitrogens with one attached hydrogen (secondary N) is 1. The fourth-order valence-electron chi connectivity index (χ4n) is 3.38. The van der Waals surface area contributed by atoms with Crippen molar-refractivity contribution in [2.45, 2.75) is 39.3 Å². The standard InChI is InChI=1S/C20H23FN6O2/c1-4-12(2)22-20(28)27-10-9-16-15(11-27)17(24-26(16)3)19-23-18(25-29-19)13-5-7-14(21)8-6-13/h5-8,12H,4,9-11H2,1-3H3,(H,22,28)/t12-/m1/s1. The lowest BCUT2D eigenvalue weighted by Crippen LogP contribution is -2.45. The SMILES string of the molecule is CC[C@@H](C)NC(=O)N1CCc2c(c(-c3nc(-c4ccc(F)cc4)no3)nn2C)C1. The maximum atomic E-state index is 13.2. The summed E-state index contributed by atoms with van der Waals surface area (Å²) in [6.07, 6.45) is 1.57. The molecule has 0 fully saturated rings. The van der Waals surface area contributed by atoms with Gasteiger partial charge >= 0.3 is 6.03 Å². The van der Waals surface area contributed by atoms with Crippen molar-refractivity contribution in [3.8, 4) is 23.0 Å². The minimum absolute atomic E-state index is 0.0858. The maximum Gasteiger partial charge on any atom is 0.317 e. The lowest BCUT2D eigenvalue weighted by molar-refractivity contribution is 0.188. The fourth-order valence-corrected chi connectivity index (χ4v) is 3.38. The van der Waals surface area contributed by atoms with E-state index < -0.39 is 0 Å². The number of urea groups is 1. The van der Waals surface area contributed by atoms with Crippen LogP contribution in [0, 0.1) is 5.82 Å². The molecule has 1 atom stereocenters. The van der Waals surface area contributed by atoms with Crippen LogP contribution in [0.1, 0.15) is 31.5 Å². The number of hydrogen-bond donors (Lipinski definition) is 1. The first kappa shape index (κ1) is 19.1. The third-order valence-corrected chi connectivity index (χ3v) is 5.24. The fraction of sp³-hybridized carbons (Fsp3) is 0.400. The second-order valence-corrected chi connectivity index (χ2v) is 7.26. The largest absolute Gasteiger partial charge is 0.336 e. The van der Waals surface area contributed by atoms with Gasteiger partial charge in [-0.25, -0.2) is 9.18 Å². The Kier molecular flexibility index (Phi) is 5.04. The van der Waals surface area contributed by atoms with Crippen LogP contribution in [-0.2, 0) is 20.0 Å². The summed E-state index contributed by atoms with van der Waals surface area (Å²) in [7, 11) is 1.87. The number of hydrogen-bond acceptors (Lipinski definition) is 5. The van der Waals surface area contributed by atoms with E-state index in [4.69, 9.17) is 4.52 Å². The highest BCUT2D eigenvalue weighted by Crippen LogP contribution is 2.30. The molecule has 152 valence electrons. The van der Waals surface area contributed by atoms with Gasteiger partial charge in [0.2, 0.25) is 5.82 Å². The highest BCUT2D eigenvalue weighted by Gasteiger charge is 2.29. The number of aryl methyl sites for hydroxylation is 1. The molecule has 2 amide bonds. The van der Waals surface area contributed by atoms with Crippen LogP contribution in [0.5, 0.6) is 0 Å². The second-order valence-electron chi connectivity index (χ2n) is 7.26. The van der Waals surface area contributed by atoms with Crippen LogP contribution in [0.4, 0.5) is 9.18 Å². The molecule has 0 aliphatic carbocycles. The molecule has 3 aromatic rings. The van der Waals surface area contributed by atoms with Gasteiger partial charge in [0, 0.05) is 42.9 Å². The average molecular weight is 398 g/mol. The highest BCUT2D eigenvalue weighted by atomic mass is 19.1. The van der Waals surface area contributed by atoms with Crippen LogP contribution in [-0.4, -0.2) is 43.4 Å². The third kappa shape index (κ3) is 3.72. The number of nitrogens with zero attached hydrogens (tertiary/aromatic N) is 5. The Balaban J connectivity index is 1.61. The Morgan fingerprint density at radius 3 is 2.83 bits per heavy atom. The summed E-state index contributed by atoms with van der Waals surface area (Å²) < 4.78 is 20.4. The van der Waals surface area contributed by atoms with E-state index in [-0.39, 0.29) is 23.8 Å². The van der Waals surface area contributed by atoms with Gasteiger partial charge in [-0.1, -0.05) is 12.1 Å². The molecule has 1 aliphatic heterocycles. The van der Waals surface area contributed by atoms with Crippen molar-refractivity contribution in [2.24, 2.45) is 7.05 Å². The van der Waals surface area contributed by atoms with Gasteiger partial charge in [0.15, 0.2) is 5.69 Å². The van der Waals surface area contributed by atoms with Crippen LogP contribution in [0.2, 0.25) is 0 Å². The zero-order valence-corrected chi connectivity index (χ0v) is 16.6.